The van der Waals surface area contributed by atoms with E-state index in [1.807, 2.05) is 0 Å². The monoisotopic (exact) mass is 192 g/mol. The van der Waals surface area contributed by atoms with Crippen molar-refractivity contribution in [2.24, 2.45) is 0 Å². The lowest BCUT2D eigenvalue weighted by atomic mass is 10.5. The van der Waals surface area contributed by atoms with E-state index in [4.69, 9.17) is 9.22 Å². The normalized spacial score (nSPS) is 12.5. The summed E-state index contributed by atoms with van der Waals surface area (Å²) in [6.07, 6.45) is 0.903. The first kappa shape index (κ1) is 11.4. The van der Waals surface area contributed by atoms with Crippen LogP contribution in [0, 0.1) is 0 Å². The van der Waals surface area contributed by atoms with Gasteiger partial charge in [-0.25, -0.2) is 0 Å². The molecule has 2 nitrogen and oxygen atoms in total. The summed E-state index contributed by atoms with van der Waals surface area (Å²) in [5.41, 5.74) is 0. The highest BCUT2D eigenvalue weighted by atomic mass is 28.4. The van der Waals surface area contributed by atoms with Crippen molar-refractivity contribution in [3.63, 3.8) is 0 Å². The molecule has 0 rings (SSSR count). The van der Waals surface area contributed by atoms with Gasteiger partial charge >= 0.3 is 0 Å². The van der Waals surface area contributed by atoms with Crippen molar-refractivity contribution in [3.8, 4) is 0 Å². The predicted octanol–water partition coefficient (Wildman–Crippen LogP) is 1.57. The Morgan fingerprint density at radius 2 is 1.91 bits per heavy atom. The molecule has 0 bridgehead atoms. The highest BCUT2D eigenvalue weighted by Gasteiger charge is 2.22. The van der Waals surface area contributed by atoms with Crippen LogP contribution >= 0.6 is 0 Å². The van der Waals surface area contributed by atoms with Gasteiger partial charge in [0, 0.05) is 6.61 Å². The van der Waals surface area contributed by atoms with Crippen LogP contribution in [0.2, 0.25) is 32.2 Å². The molecule has 0 fully saturated rings. The SMILES string of the molecule is C[SiH](C)O[Si](C)(C)CCCO. The van der Waals surface area contributed by atoms with E-state index in [0.29, 0.717) is 6.61 Å². The van der Waals surface area contributed by atoms with Gasteiger partial charge in [-0.05, 0) is 38.7 Å². The second kappa shape index (κ2) is 5.08. The van der Waals surface area contributed by atoms with Gasteiger partial charge in [0.15, 0.2) is 17.4 Å². The molecular formula is C7H20O2Si2. The molecular weight excluding hydrogens is 172 g/mol. The Balaban J connectivity index is 3.61. The Morgan fingerprint density at radius 3 is 2.27 bits per heavy atom. The standard InChI is InChI=1S/C7H20O2Si2/c1-10(2)9-11(3,4)7-5-6-8/h8,10H,5-7H2,1-4H3. The van der Waals surface area contributed by atoms with E-state index in [-0.39, 0.29) is 0 Å². The lowest BCUT2D eigenvalue weighted by Crippen LogP contribution is -2.35. The summed E-state index contributed by atoms with van der Waals surface area (Å²) >= 11 is 0. The lowest BCUT2D eigenvalue weighted by Gasteiger charge is -2.25. The molecule has 0 aromatic heterocycles. The summed E-state index contributed by atoms with van der Waals surface area (Å²) in [5, 5.41) is 8.64. The molecule has 0 saturated heterocycles. The number of hydrogen-bond donors (Lipinski definition) is 1. The lowest BCUT2D eigenvalue weighted by molar-refractivity contribution is 0.292. The molecule has 0 aliphatic carbocycles. The van der Waals surface area contributed by atoms with Gasteiger partial charge in [0.05, 0.1) is 0 Å². The Bertz CT molecular complexity index is 105. The summed E-state index contributed by atoms with van der Waals surface area (Å²) in [6.45, 7) is 9.17. The van der Waals surface area contributed by atoms with Crippen LogP contribution in [0.5, 0.6) is 0 Å². The van der Waals surface area contributed by atoms with Crippen LogP contribution in [0.4, 0.5) is 0 Å². The average molecular weight is 192 g/mol. The average Bonchev–Trinajstić information content (AvgIpc) is 1.81. The molecule has 0 saturated carbocycles. The second-order valence-corrected chi connectivity index (χ2v) is 10.8. The Kier molecular flexibility index (Phi) is 5.24. The van der Waals surface area contributed by atoms with Gasteiger partial charge < -0.3 is 9.22 Å². The van der Waals surface area contributed by atoms with Crippen molar-refractivity contribution in [3.05, 3.63) is 0 Å². The first-order valence-corrected chi connectivity index (χ1v) is 10.2. The van der Waals surface area contributed by atoms with E-state index in [1.54, 1.807) is 0 Å². The minimum absolute atomic E-state index is 0.305. The maximum absolute atomic E-state index is 8.64. The third-order valence-corrected chi connectivity index (χ3v) is 7.49. The summed E-state index contributed by atoms with van der Waals surface area (Å²) in [4.78, 5) is 0. The Hall–Kier alpha value is 0.354. The third kappa shape index (κ3) is 6.74. The molecule has 0 aliphatic rings. The Labute approximate surface area is 72.4 Å². The summed E-state index contributed by atoms with van der Waals surface area (Å²) in [5.74, 6) is 0. The fraction of sp³-hybridized carbons (Fsp3) is 1.00. The maximum atomic E-state index is 8.64. The van der Waals surface area contributed by atoms with Crippen LogP contribution in [0.3, 0.4) is 0 Å². The summed E-state index contributed by atoms with van der Waals surface area (Å²) in [6, 6.07) is 1.09. The second-order valence-electron chi connectivity index (χ2n) is 3.75. The molecule has 1 N–H and O–H groups in total. The van der Waals surface area contributed by atoms with E-state index in [9.17, 15) is 0 Å². The fourth-order valence-corrected chi connectivity index (χ4v) is 7.79. The molecule has 68 valence electrons. The van der Waals surface area contributed by atoms with Crippen molar-refractivity contribution in [1.29, 1.82) is 0 Å². The van der Waals surface area contributed by atoms with Gasteiger partial charge in [0.1, 0.15) is 0 Å². The van der Waals surface area contributed by atoms with Crippen LogP contribution < -0.4 is 0 Å². The highest BCUT2D eigenvalue weighted by molar-refractivity contribution is 6.77. The van der Waals surface area contributed by atoms with E-state index in [0.717, 1.165) is 12.5 Å². The van der Waals surface area contributed by atoms with Crippen LogP contribution in [0.25, 0.3) is 0 Å². The quantitative estimate of drug-likeness (QED) is 0.670. The third-order valence-electron chi connectivity index (χ3n) is 1.49. The van der Waals surface area contributed by atoms with Gasteiger partial charge in [-0.15, -0.1) is 0 Å². The minimum atomic E-state index is -1.39. The molecule has 0 heterocycles. The van der Waals surface area contributed by atoms with Crippen molar-refractivity contribution >= 4 is 17.4 Å². The van der Waals surface area contributed by atoms with Gasteiger partial charge in [-0.3, -0.25) is 0 Å². The van der Waals surface area contributed by atoms with Crippen molar-refractivity contribution in [2.45, 2.75) is 38.7 Å². The molecule has 0 spiro atoms. The van der Waals surface area contributed by atoms with Crippen LogP contribution in [0.1, 0.15) is 6.42 Å². The van der Waals surface area contributed by atoms with E-state index in [1.165, 1.54) is 0 Å². The molecule has 0 aromatic carbocycles. The smallest absolute Gasteiger partial charge is 0.173 e. The summed E-state index contributed by atoms with van der Waals surface area (Å²) in [7, 11) is -2.24. The van der Waals surface area contributed by atoms with E-state index in [2.05, 4.69) is 26.2 Å². The summed E-state index contributed by atoms with van der Waals surface area (Å²) < 4.78 is 5.91. The van der Waals surface area contributed by atoms with E-state index < -0.39 is 17.4 Å². The largest absolute Gasteiger partial charge is 0.458 e. The topological polar surface area (TPSA) is 29.5 Å². The number of aliphatic hydroxyl groups is 1. The Morgan fingerprint density at radius 1 is 1.36 bits per heavy atom. The number of aliphatic hydroxyl groups excluding tert-OH is 1. The molecule has 0 aromatic rings. The molecule has 11 heavy (non-hydrogen) atoms. The zero-order chi connectivity index (χ0) is 8.91. The van der Waals surface area contributed by atoms with Gasteiger partial charge in [-0.1, -0.05) is 0 Å². The minimum Gasteiger partial charge on any atom is -0.458 e. The van der Waals surface area contributed by atoms with Gasteiger partial charge in [0.25, 0.3) is 0 Å². The van der Waals surface area contributed by atoms with Crippen LogP contribution in [-0.4, -0.2) is 29.1 Å². The molecule has 0 radical (unpaired) electrons. The zero-order valence-corrected chi connectivity index (χ0v) is 10.2. The van der Waals surface area contributed by atoms with E-state index >= 15 is 0 Å². The first-order valence-electron chi connectivity index (χ1n) is 4.26. The van der Waals surface area contributed by atoms with Gasteiger partial charge in [0.2, 0.25) is 0 Å². The molecule has 0 unspecified atom stereocenters. The molecule has 0 aliphatic heterocycles. The highest BCUT2D eigenvalue weighted by Crippen LogP contribution is 2.14. The molecule has 0 atom stereocenters. The fourth-order valence-electron chi connectivity index (χ4n) is 1.20. The van der Waals surface area contributed by atoms with Crippen molar-refractivity contribution in [1.82, 2.24) is 0 Å². The maximum Gasteiger partial charge on any atom is 0.173 e. The number of rotatable bonds is 5. The first-order chi connectivity index (χ1) is 4.98. The zero-order valence-electron chi connectivity index (χ0n) is 8.05. The van der Waals surface area contributed by atoms with Crippen LogP contribution in [-0.2, 0) is 4.12 Å². The van der Waals surface area contributed by atoms with Gasteiger partial charge in [-0.2, -0.15) is 0 Å². The predicted molar refractivity (Wildman–Crippen MR) is 54.0 cm³/mol. The number of hydrogen-bond acceptors (Lipinski definition) is 2. The van der Waals surface area contributed by atoms with Crippen molar-refractivity contribution < 1.29 is 9.22 Å². The van der Waals surface area contributed by atoms with Crippen LogP contribution in [0.15, 0.2) is 0 Å². The van der Waals surface area contributed by atoms with Crippen molar-refractivity contribution in [2.75, 3.05) is 6.61 Å². The molecule has 0 amide bonds. The molecule has 4 heteroatoms.